The van der Waals surface area contributed by atoms with Crippen LogP contribution in [0.1, 0.15) is 33.9 Å². The van der Waals surface area contributed by atoms with E-state index in [4.69, 9.17) is 0 Å². The number of nitrogens with zero attached hydrogens (tertiary/aromatic N) is 5. The van der Waals surface area contributed by atoms with Crippen molar-refractivity contribution >= 4 is 39.2 Å². The van der Waals surface area contributed by atoms with Gasteiger partial charge in [0.15, 0.2) is 0 Å². The van der Waals surface area contributed by atoms with Gasteiger partial charge >= 0.3 is 0 Å². The van der Waals surface area contributed by atoms with Gasteiger partial charge in [0.05, 0.1) is 17.8 Å². The Labute approximate surface area is 276 Å². The van der Waals surface area contributed by atoms with Crippen LogP contribution in [-0.4, -0.2) is 74.4 Å². The van der Waals surface area contributed by atoms with Crippen LogP contribution in [0.15, 0.2) is 107 Å². The van der Waals surface area contributed by atoms with E-state index < -0.39 is 16.1 Å². The summed E-state index contributed by atoms with van der Waals surface area (Å²) < 4.78 is 30.3. The fourth-order valence-electron chi connectivity index (χ4n) is 7.13. The van der Waals surface area contributed by atoms with Crippen LogP contribution < -0.4 is 4.90 Å². The van der Waals surface area contributed by atoms with Crippen molar-refractivity contribution in [2.75, 3.05) is 38.1 Å². The quantitative estimate of drug-likeness (QED) is 0.224. The molecule has 4 aromatic carbocycles. The van der Waals surface area contributed by atoms with Crippen molar-refractivity contribution in [3.8, 4) is 11.1 Å². The summed E-state index contributed by atoms with van der Waals surface area (Å²) in [5.41, 5.74) is 9.37. The molecular formula is C38H38N6O2S. The number of aromatic amines is 1. The number of fused-ring (bicyclic) bond motifs is 2. The van der Waals surface area contributed by atoms with E-state index in [0.29, 0.717) is 6.54 Å². The fourth-order valence-corrected chi connectivity index (χ4v) is 8.79. The highest BCUT2D eigenvalue weighted by Gasteiger charge is 2.40. The molecule has 0 amide bonds. The molecule has 1 aromatic heterocycles. The zero-order chi connectivity index (χ0) is 32.0. The highest BCUT2D eigenvalue weighted by molar-refractivity contribution is 7.88. The molecule has 0 bridgehead atoms. The molecule has 5 aromatic rings. The first-order valence-corrected chi connectivity index (χ1v) is 17.9. The molecule has 2 atom stereocenters. The SMILES string of the molecule is CN1CCN(c2ccc(-c3ccc4c(c3)[C@H](c3c[nH]c5ccccc35)N(S(=O)(=O)Cc3ccc(CC5C=NC=N5)cc3)C4)cc2)CC1. The van der Waals surface area contributed by atoms with Crippen LogP contribution in [0.4, 0.5) is 5.69 Å². The van der Waals surface area contributed by atoms with Crippen LogP contribution in [0.3, 0.4) is 0 Å². The second kappa shape index (κ2) is 12.2. The second-order valence-electron chi connectivity index (χ2n) is 12.9. The lowest BCUT2D eigenvalue weighted by atomic mass is 9.94. The number of piperazine rings is 1. The Kier molecular flexibility index (Phi) is 7.75. The lowest BCUT2D eigenvalue weighted by Gasteiger charge is -2.34. The number of anilines is 1. The first-order valence-electron chi connectivity index (χ1n) is 16.3. The summed E-state index contributed by atoms with van der Waals surface area (Å²) in [6, 6.07) is 30.8. The van der Waals surface area contributed by atoms with Crippen molar-refractivity contribution < 1.29 is 8.42 Å². The van der Waals surface area contributed by atoms with Crippen LogP contribution in [-0.2, 0) is 28.7 Å². The molecular weight excluding hydrogens is 605 g/mol. The van der Waals surface area contributed by atoms with Crippen LogP contribution >= 0.6 is 0 Å². The molecule has 8 nitrogen and oxygen atoms in total. The predicted molar refractivity (Wildman–Crippen MR) is 191 cm³/mol. The summed E-state index contributed by atoms with van der Waals surface area (Å²) in [6.45, 7) is 4.53. The van der Waals surface area contributed by atoms with E-state index in [1.54, 1.807) is 10.6 Å². The first kappa shape index (κ1) is 29.8. The highest BCUT2D eigenvalue weighted by Crippen LogP contribution is 2.45. The Morgan fingerprint density at radius 3 is 2.34 bits per heavy atom. The maximum Gasteiger partial charge on any atom is 0.219 e. The highest BCUT2D eigenvalue weighted by atomic mass is 32.2. The number of hydrogen-bond donors (Lipinski definition) is 1. The summed E-state index contributed by atoms with van der Waals surface area (Å²) in [6.07, 6.45) is 6.15. The van der Waals surface area contributed by atoms with Gasteiger partial charge in [0.2, 0.25) is 10.0 Å². The van der Waals surface area contributed by atoms with Crippen LogP contribution in [0.5, 0.6) is 0 Å². The Hall–Kier alpha value is -4.57. The molecule has 238 valence electrons. The molecule has 47 heavy (non-hydrogen) atoms. The number of aliphatic imine (C=N–C) groups is 2. The van der Waals surface area contributed by atoms with Crippen LogP contribution in [0, 0.1) is 0 Å². The number of sulfonamides is 1. The second-order valence-corrected chi connectivity index (χ2v) is 14.8. The molecule has 1 saturated heterocycles. The molecule has 1 fully saturated rings. The average Bonchev–Trinajstić information content (AvgIpc) is 3.85. The van der Waals surface area contributed by atoms with E-state index in [-0.39, 0.29) is 11.8 Å². The third-order valence-corrected chi connectivity index (χ3v) is 11.5. The fraction of sp³-hybridized carbons (Fsp3) is 0.263. The maximum absolute atomic E-state index is 14.3. The minimum atomic E-state index is -3.69. The summed E-state index contributed by atoms with van der Waals surface area (Å²) >= 11 is 0. The molecule has 4 heterocycles. The summed E-state index contributed by atoms with van der Waals surface area (Å²) in [7, 11) is -1.52. The average molecular weight is 643 g/mol. The smallest absolute Gasteiger partial charge is 0.219 e. The van der Waals surface area contributed by atoms with Crippen molar-refractivity contribution in [3.05, 3.63) is 125 Å². The van der Waals surface area contributed by atoms with Crippen molar-refractivity contribution in [1.82, 2.24) is 14.2 Å². The number of para-hydroxylation sites is 1. The standard InChI is InChI=1S/C38H38N6O2S/c1-42-16-18-43(19-17-42)33-14-12-29(13-15-33)30-10-11-31-24-44(38(35(31)21-30)36-23-40-37-5-3-2-4-34(36)37)47(45,46)25-28-8-6-27(7-9-28)20-32-22-39-26-41-32/h2-15,21-23,26,32,38,40H,16-20,24-25H2,1H3/t32?,38-/m1/s1. The molecule has 3 aliphatic rings. The van der Waals surface area contributed by atoms with Gasteiger partial charge in [-0.1, -0.05) is 66.7 Å². The summed E-state index contributed by atoms with van der Waals surface area (Å²) in [4.78, 5) is 16.6. The Balaban J connectivity index is 1.10. The van der Waals surface area contributed by atoms with Gasteiger partial charge in [-0.15, -0.1) is 0 Å². The maximum atomic E-state index is 14.3. The van der Waals surface area contributed by atoms with E-state index >= 15 is 0 Å². The normalized spacial score (nSPS) is 20.0. The minimum absolute atomic E-state index is 0.0457. The van der Waals surface area contributed by atoms with Gasteiger partial charge in [0.1, 0.15) is 6.34 Å². The van der Waals surface area contributed by atoms with Gasteiger partial charge in [-0.2, -0.15) is 4.31 Å². The first-order chi connectivity index (χ1) is 22.9. The topological polar surface area (TPSA) is 84.4 Å². The molecule has 0 radical (unpaired) electrons. The molecule has 3 aliphatic heterocycles. The predicted octanol–water partition coefficient (Wildman–Crippen LogP) is 6.05. The van der Waals surface area contributed by atoms with E-state index in [0.717, 1.165) is 82.4 Å². The van der Waals surface area contributed by atoms with Gasteiger partial charge in [0.25, 0.3) is 0 Å². The summed E-state index contributed by atoms with van der Waals surface area (Å²) in [5, 5.41) is 1.04. The lowest BCUT2D eigenvalue weighted by Crippen LogP contribution is -2.44. The Bertz CT molecular complexity index is 2070. The molecule has 0 spiro atoms. The van der Waals surface area contributed by atoms with Gasteiger partial charge in [0, 0.05) is 67.3 Å². The van der Waals surface area contributed by atoms with Gasteiger partial charge in [-0.3, -0.25) is 4.99 Å². The van der Waals surface area contributed by atoms with E-state index in [9.17, 15) is 8.42 Å². The Morgan fingerprint density at radius 2 is 1.57 bits per heavy atom. The Morgan fingerprint density at radius 1 is 0.830 bits per heavy atom. The monoisotopic (exact) mass is 642 g/mol. The third kappa shape index (κ3) is 5.91. The number of aromatic nitrogens is 1. The van der Waals surface area contributed by atoms with Gasteiger partial charge < -0.3 is 14.8 Å². The number of hydrogen-bond acceptors (Lipinski definition) is 6. The largest absolute Gasteiger partial charge is 0.369 e. The minimum Gasteiger partial charge on any atom is -0.369 e. The van der Waals surface area contributed by atoms with E-state index in [1.807, 2.05) is 54.9 Å². The number of rotatable bonds is 8. The zero-order valence-electron chi connectivity index (χ0n) is 26.5. The van der Waals surface area contributed by atoms with Crippen LogP contribution in [0.25, 0.3) is 22.0 Å². The molecule has 1 unspecified atom stereocenters. The number of likely N-dealkylation sites (N-methyl/N-ethyl adjacent to an activating group) is 1. The van der Waals surface area contributed by atoms with Crippen LogP contribution in [0.2, 0.25) is 0 Å². The lowest BCUT2D eigenvalue weighted by molar-refractivity contribution is 0.313. The van der Waals surface area contributed by atoms with Crippen molar-refractivity contribution in [3.63, 3.8) is 0 Å². The molecule has 0 saturated carbocycles. The van der Waals surface area contributed by atoms with Crippen molar-refractivity contribution in [1.29, 1.82) is 0 Å². The number of benzene rings is 4. The van der Waals surface area contributed by atoms with Gasteiger partial charge in [-0.05, 0) is 71.1 Å². The van der Waals surface area contributed by atoms with Crippen molar-refractivity contribution in [2.45, 2.75) is 30.8 Å². The molecule has 0 aliphatic carbocycles. The molecule has 1 N–H and O–H groups in total. The van der Waals surface area contributed by atoms with Gasteiger partial charge in [-0.25, -0.2) is 13.4 Å². The molecule has 8 rings (SSSR count). The number of H-pyrrole nitrogens is 1. The number of nitrogens with one attached hydrogen (secondary N) is 1. The zero-order valence-corrected chi connectivity index (χ0v) is 27.3. The molecule has 9 heteroatoms. The third-order valence-electron chi connectivity index (χ3n) is 9.80. The van der Waals surface area contributed by atoms with E-state index in [2.05, 4.69) is 80.3 Å². The van der Waals surface area contributed by atoms with E-state index in [1.165, 1.54) is 5.69 Å². The van der Waals surface area contributed by atoms with Crippen molar-refractivity contribution in [2.24, 2.45) is 9.98 Å². The summed E-state index contributed by atoms with van der Waals surface area (Å²) in [5.74, 6) is -0.0657.